The number of carbonyl (C=O) groups is 2. The van der Waals surface area contributed by atoms with E-state index in [-0.39, 0.29) is 5.91 Å². The van der Waals surface area contributed by atoms with E-state index in [1.165, 1.54) is 0 Å². The van der Waals surface area contributed by atoms with Crippen LogP contribution in [0.4, 0.5) is 0 Å². The smallest absolute Gasteiger partial charge is 0.307 e. The van der Waals surface area contributed by atoms with Gasteiger partial charge in [0.25, 0.3) is 0 Å². The lowest BCUT2D eigenvalue weighted by Crippen LogP contribution is -2.42. The average Bonchev–Trinajstić information content (AvgIpc) is 2.42. The van der Waals surface area contributed by atoms with Gasteiger partial charge in [0.15, 0.2) is 0 Å². The van der Waals surface area contributed by atoms with Crippen LogP contribution in [0.15, 0.2) is 12.2 Å². The third kappa shape index (κ3) is 4.63. The molecule has 2 unspecified atom stereocenters. The van der Waals surface area contributed by atoms with Gasteiger partial charge in [-0.2, -0.15) is 0 Å². The lowest BCUT2D eigenvalue weighted by atomic mass is 9.82. The van der Waals surface area contributed by atoms with Crippen LogP contribution in [0.2, 0.25) is 0 Å². The Morgan fingerprint density at radius 1 is 1.15 bits per heavy atom. The molecule has 0 aromatic rings. The molecule has 5 nitrogen and oxygen atoms in total. The Labute approximate surface area is 121 Å². The van der Waals surface area contributed by atoms with Crippen molar-refractivity contribution in [3.63, 3.8) is 0 Å². The summed E-state index contributed by atoms with van der Waals surface area (Å²) in [6, 6.07) is 0. The van der Waals surface area contributed by atoms with Crippen molar-refractivity contribution in [3.05, 3.63) is 12.2 Å². The van der Waals surface area contributed by atoms with Gasteiger partial charge < -0.3 is 14.9 Å². The van der Waals surface area contributed by atoms with E-state index in [1.54, 1.807) is 4.90 Å². The van der Waals surface area contributed by atoms with Crippen molar-refractivity contribution in [1.82, 2.24) is 9.80 Å². The van der Waals surface area contributed by atoms with Crippen LogP contribution >= 0.6 is 0 Å². The zero-order valence-corrected chi connectivity index (χ0v) is 12.7. The predicted octanol–water partition coefficient (Wildman–Crippen LogP) is 1.45. The van der Waals surface area contributed by atoms with Gasteiger partial charge >= 0.3 is 5.97 Å². The van der Waals surface area contributed by atoms with Crippen molar-refractivity contribution in [3.8, 4) is 0 Å². The molecule has 0 aromatic heterocycles. The van der Waals surface area contributed by atoms with Gasteiger partial charge in [-0.25, -0.2) is 0 Å². The third-order valence-corrected chi connectivity index (χ3v) is 3.79. The van der Waals surface area contributed by atoms with E-state index in [0.717, 1.165) is 13.0 Å². The van der Waals surface area contributed by atoms with E-state index in [9.17, 15) is 14.7 Å². The summed E-state index contributed by atoms with van der Waals surface area (Å²) in [4.78, 5) is 27.7. The summed E-state index contributed by atoms with van der Waals surface area (Å²) in [7, 11) is 4.01. The molecule has 0 aliphatic heterocycles. The van der Waals surface area contributed by atoms with Crippen molar-refractivity contribution < 1.29 is 14.7 Å². The first-order valence-corrected chi connectivity index (χ1v) is 7.28. The van der Waals surface area contributed by atoms with Crippen LogP contribution in [-0.4, -0.2) is 60.5 Å². The Balaban J connectivity index is 2.64. The second kappa shape index (κ2) is 8.04. The van der Waals surface area contributed by atoms with Crippen molar-refractivity contribution in [2.45, 2.75) is 26.2 Å². The molecule has 0 bridgehead atoms. The minimum atomic E-state index is -0.864. The molecular weight excluding hydrogens is 256 g/mol. The second-order valence-electron chi connectivity index (χ2n) is 5.57. The lowest BCUT2D eigenvalue weighted by molar-refractivity contribution is -0.150. The Morgan fingerprint density at radius 3 is 2.25 bits per heavy atom. The molecule has 0 spiro atoms. The Bertz CT molecular complexity index is 366. The first-order valence-electron chi connectivity index (χ1n) is 7.28. The number of carboxylic acid groups (broad SMARTS) is 1. The first-order chi connectivity index (χ1) is 9.47. The summed E-state index contributed by atoms with van der Waals surface area (Å²) in [6.07, 6.45) is 5.70. The summed E-state index contributed by atoms with van der Waals surface area (Å²) in [5.74, 6) is -1.85. The van der Waals surface area contributed by atoms with Gasteiger partial charge in [0.1, 0.15) is 0 Å². The maximum Gasteiger partial charge on any atom is 0.307 e. The summed E-state index contributed by atoms with van der Waals surface area (Å²) in [6.45, 7) is 4.21. The van der Waals surface area contributed by atoms with Gasteiger partial charge in [0.05, 0.1) is 11.8 Å². The SMILES string of the molecule is CCN(CCCN(C)C)C(=O)C1CC=CCC1C(=O)O. The van der Waals surface area contributed by atoms with Gasteiger partial charge in [-0.15, -0.1) is 0 Å². The number of amides is 1. The number of aliphatic carboxylic acids is 1. The molecule has 1 N–H and O–H groups in total. The molecule has 114 valence electrons. The molecule has 5 heteroatoms. The molecule has 1 aliphatic rings. The zero-order chi connectivity index (χ0) is 15.1. The Kier molecular flexibility index (Phi) is 6.71. The summed E-state index contributed by atoms with van der Waals surface area (Å²) in [5.41, 5.74) is 0. The summed E-state index contributed by atoms with van der Waals surface area (Å²) < 4.78 is 0. The molecule has 0 radical (unpaired) electrons. The molecular formula is C15H26N2O3. The number of carbonyl (C=O) groups excluding carboxylic acids is 1. The lowest BCUT2D eigenvalue weighted by Gasteiger charge is -2.30. The minimum absolute atomic E-state index is 0.0111. The number of rotatable bonds is 7. The van der Waals surface area contributed by atoms with E-state index in [1.807, 2.05) is 33.2 Å². The van der Waals surface area contributed by atoms with Crippen LogP contribution in [-0.2, 0) is 9.59 Å². The average molecular weight is 282 g/mol. The topological polar surface area (TPSA) is 60.9 Å². The first kappa shape index (κ1) is 16.7. The fraction of sp³-hybridized carbons (Fsp3) is 0.733. The van der Waals surface area contributed by atoms with Gasteiger partial charge in [-0.05, 0) is 46.8 Å². The van der Waals surface area contributed by atoms with Crippen molar-refractivity contribution in [1.29, 1.82) is 0 Å². The molecule has 0 fully saturated rings. The van der Waals surface area contributed by atoms with Gasteiger partial charge in [-0.1, -0.05) is 12.2 Å². The van der Waals surface area contributed by atoms with E-state index in [4.69, 9.17) is 0 Å². The highest BCUT2D eigenvalue weighted by atomic mass is 16.4. The standard InChI is InChI=1S/C15H26N2O3/c1-4-17(11-7-10-16(2)3)14(18)12-8-5-6-9-13(12)15(19)20/h5-6,12-13H,4,7-11H2,1-3H3,(H,19,20). The number of nitrogens with zero attached hydrogens (tertiary/aromatic N) is 2. The van der Waals surface area contributed by atoms with E-state index < -0.39 is 17.8 Å². The quantitative estimate of drug-likeness (QED) is 0.718. The summed E-state index contributed by atoms with van der Waals surface area (Å²) in [5, 5.41) is 9.25. The molecule has 1 amide bonds. The van der Waals surface area contributed by atoms with Crippen molar-refractivity contribution in [2.75, 3.05) is 33.7 Å². The minimum Gasteiger partial charge on any atom is -0.481 e. The number of allylic oxidation sites excluding steroid dienone is 2. The highest BCUT2D eigenvalue weighted by Gasteiger charge is 2.35. The molecule has 0 saturated carbocycles. The maximum absolute atomic E-state index is 12.5. The predicted molar refractivity (Wildman–Crippen MR) is 78.4 cm³/mol. The molecule has 20 heavy (non-hydrogen) atoms. The van der Waals surface area contributed by atoms with Crippen LogP contribution in [0.1, 0.15) is 26.2 Å². The van der Waals surface area contributed by atoms with E-state index in [2.05, 4.69) is 4.90 Å². The fourth-order valence-corrected chi connectivity index (χ4v) is 2.60. The van der Waals surface area contributed by atoms with Crippen LogP contribution in [0.25, 0.3) is 0 Å². The molecule has 0 heterocycles. The monoisotopic (exact) mass is 282 g/mol. The largest absolute Gasteiger partial charge is 0.481 e. The number of carboxylic acids is 1. The fourth-order valence-electron chi connectivity index (χ4n) is 2.60. The molecule has 0 aromatic carbocycles. The van der Waals surface area contributed by atoms with Crippen LogP contribution in [0, 0.1) is 11.8 Å². The van der Waals surface area contributed by atoms with Gasteiger partial charge in [-0.3, -0.25) is 9.59 Å². The van der Waals surface area contributed by atoms with E-state index in [0.29, 0.717) is 25.9 Å². The maximum atomic E-state index is 12.5. The Hall–Kier alpha value is -1.36. The van der Waals surface area contributed by atoms with Gasteiger partial charge in [0.2, 0.25) is 5.91 Å². The van der Waals surface area contributed by atoms with Crippen LogP contribution in [0.3, 0.4) is 0 Å². The molecule has 1 rings (SSSR count). The van der Waals surface area contributed by atoms with Crippen molar-refractivity contribution in [2.24, 2.45) is 11.8 Å². The van der Waals surface area contributed by atoms with Crippen LogP contribution < -0.4 is 0 Å². The molecule has 0 saturated heterocycles. The number of hydrogen-bond acceptors (Lipinski definition) is 3. The van der Waals surface area contributed by atoms with Crippen LogP contribution in [0.5, 0.6) is 0 Å². The zero-order valence-electron chi connectivity index (χ0n) is 12.7. The van der Waals surface area contributed by atoms with Crippen molar-refractivity contribution >= 4 is 11.9 Å². The highest BCUT2D eigenvalue weighted by molar-refractivity contribution is 5.85. The third-order valence-electron chi connectivity index (χ3n) is 3.79. The second-order valence-corrected chi connectivity index (χ2v) is 5.57. The molecule has 1 aliphatic carbocycles. The number of hydrogen-bond donors (Lipinski definition) is 1. The molecule has 2 atom stereocenters. The summed E-state index contributed by atoms with van der Waals surface area (Å²) >= 11 is 0. The van der Waals surface area contributed by atoms with E-state index >= 15 is 0 Å². The van der Waals surface area contributed by atoms with Gasteiger partial charge in [0, 0.05) is 13.1 Å². The Morgan fingerprint density at radius 2 is 1.75 bits per heavy atom. The normalized spacial score (nSPS) is 22.0. The highest BCUT2D eigenvalue weighted by Crippen LogP contribution is 2.27.